The molecule has 0 N–H and O–H groups in total. The van der Waals surface area contributed by atoms with Crippen molar-refractivity contribution in [3.05, 3.63) is 35.4 Å². The lowest BCUT2D eigenvalue weighted by Gasteiger charge is -2.46. The van der Waals surface area contributed by atoms with E-state index in [-0.39, 0.29) is 23.4 Å². The second-order valence-electron chi connectivity index (χ2n) is 10.3. The van der Waals surface area contributed by atoms with Gasteiger partial charge in [-0.2, -0.15) is 0 Å². The second kappa shape index (κ2) is 8.16. The third kappa shape index (κ3) is 3.75. The van der Waals surface area contributed by atoms with Crippen LogP contribution in [0.15, 0.2) is 35.4 Å². The maximum Gasteiger partial charge on any atom is 0.310 e. The molecule has 0 spiro atoms. The highest BCUT2D eigenvalue weighted by Crippen LogP contribution is 2.55. The molecule has 4 unspecified atom stereocenters. The fourth-order valence-corrected chi connectivity index (χ4v) is 6.66. The van der Waals surface area contributed by atoms with Gasteiger partial charge in [-0.05, 0) is 56.6 Å². The fraction of sp³-hybridized carbons (Fsp3) is 0.654. The minimum atomic E-state index is 0.0228. The van der Waals surface area contributed by atoms with E-state index in [1.54, 1.807) is 18.3 Å². The van der Waals surface area contributed by atoms with E-state index in [1.165, 1.54) is 19.3 Å². The number of nitrogens with zero attached hydrogens (tertiary/aromatic N) is 2. The first-order chi connectivity index (χ1) is 15.0. The zero-order valence-electron chi connectivity index (χ0n) is 19.2. The summed E-state index contributed by atoms with van der Waals surface area (Å²) in [5.41, 5.74) is 4.63. The van der Waals surface area contributed by atoms with Crippen molar-refractivity contribution in [3.63, 3.8) is 0 Å². The molecule has 0 bridgehead atoms. The Morgan fingerprint density at radius 2 is 1.97 bits per heavy atom. The summed E-state index contributed by atoms with van der Waals surface area (Å²) in [6.45, 7) is 9.41. The van der Waals surface area contributed by atoms with Gasteiger partial charge >= 0.3 is 5.97 Å². The average Bonchev–Trinajstić information content (AvgIpc) is 3.06. The predicted octanol–water partition coefficient (Wildman–Crippen LogP) is 4.28. The number of piperazine rings is 1. The van der Waals surface area contributed by atoms with Crippen LogP contribution in [0.2, 0.25) is 0 Å². The molecule has 31 heavy (non-hydrogen) atoms. The molecule has 1 aromatic carbocycles. The largest absolute Gasteiger partial charge is 0.495 e. The number of rotatable bonds is 4. The van der Waals surface area contributed by atoms with Crippen molar-refractivity contribution in [2.24, 2.45) is 17.3 Å². The molecule has 1 saturated carbocycles. The Labute approximate surface area is 186 Å². The number of carbonyl (C=O) groups excluding carboxylic acids is 1. The number of anilines is 1. The number of esters is 1. The van der Waals surface area contributed by atoms with E-state index in [1.807, 2.05) is 12.1 Å². The van der Waals surface area contributed by atoms with E-state index >= 15 is 0 Å². The Morgan fingerprint density at radius 3 is 2.74 bits per heavy atom. The molecule has 1 aromatic rings. The molecule has 0 radical (unpaired) electrons. The van der Waals surface area contributed by atoms with Crippen LogP contribution in [0.3, 0.4) is 0 Å². The smallest absolute Gasteiger partial charge is 0.310 e. The number of allylic oxidation sites excluding steroid dienone is 2. The van der Waals surface area contributed by atoms with E-state index in [2.05, 4.69) is 35.8 Å². The first-order valence-electron chi connectivity index (χ1n) is 12.0. The number of fused-ring (bicyclic) bond motifs is 2. The minimum Gasteiger partial charge on any atom is -0.495 e. The standard InChI is InChI=1S/C26H36N2O3/c1-18-7-6-10-26(2)16-24-19(15-21(18)26)20(25(29)31-24)17-27-11-13-28(14-12-27)22-8-4-5-9-23(22)30-3/h4-5,8-9,19-20,24H,6-7,10-17H2,1-3H3. The Hall–Kier alpha value is -2.01. The lowest BCUT2D eigenvalue weighted by Crippen LogP contribution is -2.49. The van der Waals surface area contributed by atoms with Crippen molar-refractivity contribution in [3.8, 4) is 5.75 Å². The molecule has 0 aromatic heterocycles. The van der Waals surface area contributed by atoms with Gasteiger partial charge in [0.25, 0.3) is 0 Å². The maximum absolute atomic E-state index is 12.9. The molecule has 2 aliphatic heterocycles. The minimum absolute atomic E-state index is 0.0228. The van der Waals surface area contributed by atoms with Crippen LogP contribution in [0.1, 0.15) is 46.0 Å². The molecule has 2 heterocycles. The Morgan fingerprint density at radius 1 is 1.19 bits per heavy atom. The molecule has 4 atom stereocenters. The summed E-state index contributed by atoms with van der Waals surface area (Å²) >= 11 is 0. The van der Waals surface area contributed by atoms with Crippen molar-refractivity contribution < 1.29 is 14.3 Å². The maximum atomic E-state index is 12.9. The normalized spacial score (nSPS) is 33.7. The van der Waals surface area contributed by atoms with Gasteiger partial charge in [0.1, 0.15) is 11.9 Å². The lowest BCUT2D eigenvalue weighted by molar-refractivity contribution is -0.145. The molecular formula is C26H36N2O3. The number of ether oxygens (including phenoxy) is 2. The molecule has 2 saturated heterocycles. The van der Waals surface area contributed by atoms with E-state index in [9.17, 15) is 4.79 Å². The number of benzene rings is 1. The van der Waals surface area contributed by atoms with Gasteiger partial charge in [0.2, 0.25) is 0 Å². The molecule has 168 valence electrons. The van der Waals surface area contributed by atoms with Crippen molar-refractivity contribution in [2.75, 3.05) is 44.7 Å². The predicted molar refractivity (Wildman–Crippen MR) is 122 cm³/mol. The van der Waals surface area contributed by atoms with Gasteiger partial charge in [-0.25, -0.2) is 0 Å². The van der Waals surface area contributed by atoms with E-state index in [0.29, 0.717) is 5.92 Å². The molecule has 2 aliphatic carbocycles. The van der Waals surface area contributed by atoms with E-state index in [0.717, 1.165) is 57.0 Å². The fourth-order valence-electron chi connectivity index (χ4n) is 6.66. The van der Waals surface area contributed by atoms with Gasteiger partial charge in [-0.3, -0.25) is 9.69 Å². The first kappa shape index (κ1) is 20.9. The quantitative estimate of drug-likeness (QED) is 0.533. The third-order valence-corrected chi connectivity index (χ3v) is 8.43. The SMILES string of the molecule is COc1ccccc1N1CCN(CC2C(=O)OC3CC4(C)CCCC(C)=C4CC32)CC1. The van der Waals surface area contributed by atoms with Crippen LogP contribution in [-0.2, 0) is 9.53 Å². The lowest BCUT2D eigenvalue weighted by atomic mass is 9.59. The van der Waals surface area contributed by atoms with Gasteiger partial charge in [-0.15, -0.1) is 0 Å². The first-order valence-corrected chi connectivity index (χ1v) is 12.0. The zero-order valence-corrected chi connectivity index (χ0v) is 19.2. The van der Waals surface area contributed by atoms with Crippen LogP contribution in [0.25, 0.3) is 0 Å². The number of hydrogen-bond acceptors (Lipinski definition) is 5. The summed E-state index contributed by atoms with van der Waals surface area (Å²) < 4.78 is 11.5. The summed E-state index contributed by atoms with van der Waals surface area (Å²) in [7, 11) is 1.73. The van der Waals surface area contributed by atoms with Crippen molar-refractivity contribution in [2.45, 2.75) is 52.1 Å². The number of hydrogen-bond donors (Lipinski definition) is 0. The van der Waals surface area contributed by atoms with E-state index < -0.39 is 0 Å². The van der Waals surface area contributed by atoms with Gasteiger partial charge < -0.3 is 14.4 Å². The Bertz CT molecular complexity index is 873. The molecule has 5 nitrogen and oxygen atoms in total. The molecule has 4 aliphatic rings. The summed E-state index contributed by atoms with van der Waals surface area (Å²) in [6, 6.07) is 8.23. The highest BCUT2D eigenvalue weighted by Gasteiger charge is 2.53. The van der Waals surface area contributed by atoms with Gasteiger partial charge in [-0.1, -0.05) is 30.2 Å². The average molecular weight is 425 g/mol. The summed E-state index contributed by atoms with van der Waals surface area (Å²) in [4.78, 5) is 17.7. The topological polar surface area (TPSA) is 42.0 Å². The molecule has 0 amide bonds. The molecule has 3 fully saturated rings. The van der Waals surface area contributed by atoms with Crippen molar-refractivity contribution in [1.82, 2.24) is 4.90 Å². The highest BCUT2D eigenvalue weighted by molar-refractivity contribution is 5.76. The second-order valence-corrected chi connectivity index (χ2v) is 10.3. The van der Waals surface area contributed by atoms with Gasteiger partial charge in [0, 0.05) is 38.6 Å². The molecule has 5 heteroatoms. The Balaban J connectivity index is 1.25. The number of para-hydroxylation sites is 2. The van der Waals surface area contributed by atoms with Crippen LogP contribution < -0.4 is 9.64 Å². The molecule has 5 rings (SSSR count). The summed E-state index contributed by atoms with van der Waals surface area (Å²) in [5, 5.41) is 0. The number of carbonyl (C=O) groups is 1. The summed E-state index contributed by atoms with van der Waals surface area (Å²) in [6.07, 6.45) is 5.95. The summed E-state index contributed by atoms with van der Waals surface area (Å²) in [5.74, 6) is 1.35. The van der Waals surface area contributed by atoms with Crippen LogP contribution in [0, 0.1) is 17.3 Å². The number of methoxy groups -OCH3 is 1. The Kier molecular flexibility index (Phi) is 5.49. The zero-order chi connectivity index (χ0) is 21.6. The highest BCUT2D eigenvalue weighted by atomic mass is 16.6. The monoisotopic (exact) mass is 424 g/mol. The van der Waals surface area contributed by atoms with Crippen LogP contribution >= 0.6 is 0 Å². The molecular weight excluding hydrogens is 388 g/mol. The van der Waals surface area contributed by atoms with Gasteiger partial charge in [0.05, 0.1) is 18.7 Å². The third-order valence-electron chi connectivity index (χ3n) is 8.43. The van der Waals surface area contributed by atoms with Crippen molar-refractivity contribution >= 4 is 11.7 Å². The van der Waals surface area contributed by atoms with E-state index in [4.69, 9.17) is 9.47 Å². The van der Waals surface area contributed by atoms with Gasteiger partial charge in [0.15, 0.2) is 0 Å². The van der Waals surface area contributed by atoms with Crippen molar-refractivity contribution in [1.29, 1.82) is 0 Å². The van der Waals surface area contributed by atoms with Crippen LogP contribution in [0.4, 0.5) is 5.69 Å². The van der Waals surface area contributed by atoms with Crippen LogP contribution in [0.5, 0.6) is 5.75 Å². The van der Waals surface area contributed by atoms with Crippen LogP contribution in [-0.4, -0.2) is 56.8 Å².